The van der Waals surface area contributed by atoms with Gasteiger partial charge in [-0.25, -0.2) is 4.79 Å². The Morgan fingerprint density at radius 2 is 1.71 bits per heavy atom. The molecule has 8 nitrogen and oxygen atoms in total. The van der Waals surface area contributed by atoms with E-state index >= 15 is 0 Å². The number of carbonyl (C=O) groups excluding carboxylic acids is 3. The van der Waals surface area contributed by atoms with Crippen molar-refractivity contribution in [2.75, 3.05) is 39.9 Å². The molecule has 1 aliphatic rings. The molecule has 1 amide bonds. The van der Waals surface area contributed by atoms with Crippen LogP contribution in [0.25, 0.3) is 5.76 Å². The van der Waals surface area contributed by atoms with Crippen molar-refractivity contribution < 1.29 is 29.0 Å². The lowest BCUT2D eigenvalue weighted by Crippen LogP contribution is -2.33. The minimum atomic E-state index is -0.789. The molecule has 1 fully saturated rings. The number of methoxy groups -OCH3 is 1. The van der Waals surface area contributed by atoms with Crippen LogP contribution in [0.3, 0.4) is 0 Å². The van der Waals surface area contributed by atoms with E-state index in [0.29, 0.717) is 42.0 Å². The summed E-state index contributed by atoms with van der Waals surface area (Å²) in [6, 6.07) is 12.7. The van der Waals surface area contributed by atoms with Crippen molar-refractivity contribution in [2.45, 2.75) is 46.1 Å². The number of carbonyl (C=O) groups is 3. The minimum Gasteiger partial charge on any atom is -0.507 e. The first kappa shape index (κ1) is 28.9. The van der Waals surface area contributed by atoms with Crippen molar-refractivity contribution in [3.8, 4) is 5.75 Å². The molecule has 0 aliphatic carbocycles. The average Bonchev–Trinajstić information content (AvgIpc) is 3.20. The third kappa shape index (κ3) is 6.61. The number of hydrogen-bond acceptors (Lipinski definition) is 7. The van der Waals surface area contributed by atoms with Crippen LogP contribution < -0.4 is 4.74 Å². The second-order valence-electron chi connectivity index (χ2n) is 9.22. The van der Waals surface area contributed by atoms with Crippen LogP contribution in [0.2, 0.25) is 0 Å². The monoisotopic (exact) mass is 522 g/mol. The zero-order chi connectivity index (χ0) is 27.7. The number of aliphatic hydroxyl groups is 1. The van der Waals surface area contributed by atoms with Gasteiger partial charge in [0.05, 0.1) is 30.9 Å². The van der Waals surface area contributed by atoms with Gasteiger partial charge >= 0.3 is 5.97 Å². The standard InChI is InChI=1S/C30H38N2O6/c1-5-8-19-38-24-12-9-11-23(20-24)27(33)25-26(21-13-15-22(16-14-21)30(36)37-4)32(29(35)28(25)34)18-10-17-31(6-2)7-3/h9,11-16,20,26,33H,5-8,10,17-19H2,1-4H3. The summed E-state index contributed by atoms with van der Waals surface area (Å²) in [6.07, 6.45) is 2.56. The van der Waals surface area contributed by atoms with Crippen LogP contribution in [0.5, 0.6) is 5.75 Å². The zero-order valence-electron chi connectivity index (χ0n) is 22.7. The summed E-state index contributed by atoms with van der Waals surface area (Å²) < 4.78 is 10.6. The molecule has 3 rings (SSSR count). The van der Waals surface area contributed by atoms with Gasteiger partial charge in [0.2, 0.25) is 0 Å². The molecule has 0 saturated carbocycles. The van der Waals surface area contributed by atoms with Crippen LogP contribution in [0, 0.1) is 0 Å². The summed E-state index contributed by atoms with van der Waals surface area (Å²) in [5.74, 6) is -1.54. The molecule has 38 heavy (non-hydrogen) atoms. The number of likely N-dealkylation sites (tertiary alicyclic amines) is 1. The average molecular weight is 523 g/mol. The van der Waals surface area contributed by atoms with Crippen LogP contribution in [-0.2, 0) is 14.3 Å². The summed E-state index contributed by atoms with van der Waals surface area (Å²) in [7, 11) is 1.31. The molecule has 1 heterocycles. The molecule has 1 saturated heterocycles. The number of nitrogens with zero attached hydrogens (tertiary/aromatic N) is 2. The van der Waals surface area contributed by atoms with E-state index in [0.717, 1.165) is 32.5 Å². The highest BCUT2D eigenvalue weighted by molar-refractivity contribution is 6.46. The Morgan fingerprint density at radius 3 is 2.34 bits per heavy atom. The van der Waals surface area contributed by atoms with Crippen LogP contribution in [-0.4, -0.2) is 72.5 Å². The summed E-state index contributed by atoms with van der Waals surface area (Å²) in [5, 5.41) is 11.4. The molecule has 1 unspecified atom stereocenters. The van der Waals surface area contributed by atoms with Crippen molar-refractivity contribution in [3.05, 3.63) is 70.8 Å². The van der Waals surface area contributed by atoms with E-state index in [9.17, 15) is 19.5 Å². The lowest BCUT2D eigenvalue weighted by molar-refractivity contribution is -0.140. The van der Waals surface area contributed by atoms with E-state index < -0.39 is 23.7 Å². The van der Waals surface area contributed by atoms with Crippen LogP contribution in [0.4, 0.5) is 0 Å². The molecule has 2 aromatic carbocycles. The number of aliphatic hydroxyl groups excluding tert-OH is 1. The maximum atomic E-state index is 13.3. The molecule has 1 aliphatic heterocycles. The smallest absolute Gasteiger partial charge is 0.337 e. The van der Waals surface area contributed by atoms with E-state index in [1.54, 1.807) is 48.5 Å². The number of rotatable bonds is 13. The van der Waals surface area contributed by atoms with Gasteiger partial charge in [-0.3, -0.25) is 9.59 Å². The van der Waals surface area contributed by atoms with Crippen molar-refractivity contribution in [1.82, 2.24) is 9.80 Å². The Morgan fingerprint density at radius 1 is 1.00 bits per heavy atom. The SMILES string of the molecule is CCCCOc1cccc(C(O)=C2C(=O)C(=O)N(CCCN(CC)CC)C2c2ccc(C(=O)OC)cc2)c1. The van der Waals surface area contributed by atoms with E-state index in [1.165, 1.54) is 12.0 Å². The molecular weight excluding hydrogens is 484 g/mol. The second kappa shape index (κ2) is 13.8. The lowest BCUT2D eigenvalue weighted by atomic mass is 9.94. The third-order valence-corrected chi connectivity index (χ3v) is 6.83. The molecule has 0 bridgehead atoms. The van der Waals surface area contributed by atoms with E-state index in [-0.39, 0.29) is 11.3 Å². The molecule has 0 spiro atoms. The normalized spacial score (nSPS) is 16.8. The topological polar surface area (TPSA) is 96.4 Å². The van der Waals surface area contributed by atoms with Crippen molar-refractivity contribution in [2.24, 2.45) is 0 Å². The number of Topliss-reactive ketones (excluding diaryl/α,β-unsaturated/α-hetero) is 1. The first-order chi connectivity index (χ1) is 18.4. The molecule has 0 radical (unpaired) electrons. The molecule has 0 aromatic heterocycles. The number of ether oxygens (including phenoxy) is 2. The predicted molar refractivity (Wildman–Crippen MR) is 146 cm³/mol. The van der Waals surface area contributed by atoms with E-state index in [1.807, 2.05) is 0 Å². The van der Waals surface area contributed by atoms with Gasteiger partial charge in [-0.15, -0.1) is 0 Å². The first-order valence-corrected chi connectivity index (χ1v) is 13.3. The van der Waals surface area contributed by atoms with Gasteiger partial charge in [-0.05, 0) is 62.3 Å². The number of hydrogen-bond donors (Lipinski definition) is 1. The maximum absolute atomic E-state index is 13.3. The highest BCUT2D eigenvalue weighted by Crippen LogP contribution is 2.40. The Hall–Kier alpha value is -3.65. The van der Waals surface area contributed by atoms with Crippen LogP contribution in [0.15, 0.2) is 54.1 Å². The lowest BCUT2D eigenvalue weighted by Gasteiger charge is -2.27. The van der Waals surface area contributed by atoms with Gasteiger partial charge in [0.25, 0.3) is 11.7 Å². The number of esters is 1. The molecular formula is C30H38N2O6. The Balaban J connectivity index is 2.02. The minimum absolute atomic E-state index is 0.0226. The number of benzene rings is 2. The fourth-order valence-electron chi connectivity index (χ4n) is 4.60. The summed E-state index contributed by atoms with van der Waals surface area (Å²) in [4.78, 5) is 42.3. The Kier molecular flexibility index (Phi) is 10.5. The molecule has 2 aromatic rings. The van der Waals surface area contributed by atoms with E-state index in [2.05, 4.69) is 25.7 Å². The number of unbranched alkanes of at least 4 members (excludes halogenated alkanes) is 1. The van der Waals surface area contributed by atoms with Crippen molar-refractivity contribution in [1.29, 1.82) is 0 Å². The summed E-state index contributed by atoms with van der Waals surface area (Å²) in [5.41, 5.74) is 1.40. The maximum Gasteiger partial charge on any atom is 0.337 e. The highest BCUT2D eigenvalue weighted by Gasteiger charge is 2.45. The quantitative estimate of drug-likeness (QED) is 0.133. The van der Waals surface area contributed by atoms with Gasteiger partial charge in [-0.2, -0.15) is 0 Å². The van der Waals surface area contributed by atoms with Crippen LogP contribution in [0.1, 0.15) is 67.6 Å². The van der Waals surface area contributed by atoms with Gasteiger partial charge < -0.3 is 24.4 Å². The number of amides is 1. The number of ketones is 1. The van der Waals surface area contributed by atoms with Crippen molar-refractivity contribution in [3.63, 3.8) is 0 Å². The van der Waals surface area contributed by atoms with Gasteiger partial charge in [0.15, 0.2) is 0 Å². The van der Waals surface area contributed by atoms with Gasteiger partial charge in [0, 0.05) is 12.1 Å². The molecule has 1 atom stereocenters. The predicted octanol–water partition coefficient (Wildman–Crippen LogP) is 4.81. The fourth-order valence-corrected chi connectivity index (χ4v) is 4.60. The van der Waals surface area contributed by atoms with Crippen LogP contribution >= 0.6 is 0 Å². The van der Waals surface area contributed by atoms with Gasteiger partial charge in [-0.1, -0.05) is 51.5 Å². The first-order valence-electron chi connectivity index (χ1n) is 13.3. The van der Waals surface area contributed by atoms with Gasteiger partial charge in [0.1, 0.15) is 11.5 Å². The Bertz CT molecular complexity index is 1150. The fraction of sp³-hybridized carbons (Fsp3) is 0.433. The molecule has 1 N–H and O–H groups in total. The summed E-state index contributed by atoms with van der Waals surface area (Å²) >= 11 is 0. The third-order valence-electron chi connectivity index (χ3n) is 6.83. The zero-order valence-corrected chi connectivity index (χ0v) is 22.7. The Labute approximate surface area is 224 Å². The summed E-state index contributed by atoms with van der Waals surface area (Å²) in [6.45, 7) is 9.70. The molecule has 204 valence electrons. The second-order valence-corrected chi connectivity index (χ2v) is 9.22. The van der Waals surface area contributed by atoms with Crippen molar-refractivity contribution >= 4 is 23.4 Å². The van der Waals surface area contributed by atoms with E-state index in [4.69, 9.17) is 9.47 Å². The highest BCUT2D eigenvalue weighted by atomic mass is 16.5. The largest absolute Gasteiger partial charge is 0.507 e. The molecule has 8 heteroatoms.